The molecule has 98 valence electrons. The third kappa shape index (κ3) is 2.61. The summed E-state index contributed by atoms with van der Waals surface area (Å²) in [6.07, 6.45) is -0.134. The van der Waals surface area contributed by atoms with Crippen molar-refractivity contribution in [1.29, 1.82) is 5.41 Å². The zero-order chi connectivity index (χ0) is 13.3. The van der Waals surface area contributed by atoms with Crippen molar-refractivity contribution in [1.82, 2.24) is 0 Å². The van der Waals surface area contributed by atoms with Gasteiger partial charge in [0.2, 0.25) is 0 Å². The topological polar surface area (TPSA) is 93.2 Å². The van der Waals surface area contributed by atoms with Gasteiger partial charge in [-0.2, -0.15) is 0 Å². The van der Waals surface area contributed by atoms with Crippen LogP contribution in [0.2, 0.25) is 0 Å². The van der Waals surface area contributed by atoms with Crippen LogP contribution < -0.4 is 10.5 Å². The van der Waals surface area contributed by atoms with Crippen LogP contribution in [0, 0.1) is 11.2 Å². The number of halogens is 1. The first kappa shape index (κ1) is 12.8. The SMILES string of the molecule is N=C(N)c1c(F)cccc1OC1CCS(=O)(=O)C1. The Balaban J connectivity index is 2.25. The lowest BCUT2D eigenvalue weighted by Crippen LogP contribution is -2.21. The smallest absolute Gasteiger partial charge is 0.154 e. The number of hydrogen-bond acceptors (Lipinski definition) is 4. The largest absolute Gasteiger partial charge is 0.488 e. The third-order valence-corrected chi connectivity index (χ3v) is 4.47. The van der Waals surface area contributed by atoms with E-state index < -0.39 is 27.6 Å². The summed E-state index contributed by atoms with van der Waals surface area (Å²) in [5, 5.41) is 7.31. The first-order valence-electron chi connectivity index (χ1n) is 5.39. The molecular formula is C11H13FN2O3S. The second kappa shape index (κ2) is 4.56. The molecule has 0 saturated carbocycles. The summed E-state index contributed by atoms with van der Waals surface area (Å²) in [5.74, 6) is -0.988. The van der Waals surface area contributed by atoms with Gasteiger partial charge in [0.05, 0.1) is 17.1 Å². The molecule has 0 amide bonds. The highest BCUT2D eigenvalue weighted by Gasteiger charge is 2.30. The molecular weight excluding hydrogens is 259 g/mol. The van der Waals surface area contributed by atoms with Crippen LogP contribution in [0.5, 0.6) is 5.75 Å². The van der Waals surface area contributed by atoms with E-state index in [9.17, 15) is 12.8 Å². The molecule has 3 N–H and O–H groups in total. The molecule has 1 fully saturated rings. The number of benzene rings is 1. The molecule has 7 heteroatoms. The standard InChI is InChI=1S/C11H13FN2O3S/c12-8-2-1-3-9(10(8)11(13)14)17-7-4-5-18(15,16)6-7/h1-3,7H,4-6H2,(H3,13,14). The molecule has 1 aromatic carbocycles. The Hall–Kier alpha value is -1.63. The predicted octanol–water partition coefficient (Wildman–Crippen LogP) is 0.676. The Morgan fingerprint density at radius 1 is 1.50 bits per heavy atom. The van der Waals surface area contributed by atoms with E-state index in [0.717, 1.165) is 0 Å². The minimum Gasteiger partial charge on any atom is -0.488 e. The van der Waals surface area contributed by atoms with Gasteiger partial charge in [0, 0.05) is 0 Å². The molecule has 5 nitrogen and oxygen atoms in total. The van der Waals surface area contributed by atoms with Crippen molar-refractivity contribution < 1.29 is 17.5 Å². The molecule has 1 aliphatic rings. The van der Waals surface area contributed by atoms with E-state index in [4.69, 9.17) is 15.9 Å². The van der Waals surface area contributed by atoms with E-state index in [1.807, 2.05) is 0 Å². The van der Waals surface area contributed by atoms with Gasteiger partial charge in [0.25, 0.3) is 0 Å². The van der Waals surface area contributed by atoms with Crippen molar-refractivity contribution >= 4 is 15.7 Å². The van der Waals surface area contributed by atoms with Crippen LogP contribution in [0.15, 0.2) is 18.2 Å². The van der Waals surface area contributed by atoms with Gasteiger partial charge >= 0.3 is 0 Å². The van der Waals surface area contributed by atoms with Crippen molar-refractivity contribution in [2.24, 2.45) is 5.73 Å². The Labute approximate surface area is 104 Å². The quantitative estimate of drug-likeness (QED) is 0.625. The van der Waals surface area contributed by atoms with Gasteiger partial charge in [-0.25, -0.2) is 12.8 Å². The average Bonchev–Trinajstić information content (AvgIpc) is 2.57. The lowest BCUT2D eigenvalue weighted by molar-refractivity contribution is 0.227. The van der Waals surface area contributed by atoms with Crippen molar-refractivity contribution in [3.05, 3.63) is 29.6 Å². The lowest BCUT2D eigenvalue weighted by Gasteiger charge is -2.15. The van der Waals surface area contributed by atoms with Crippen LogP contribution in [-0.4, -0.2) is 31.9 Å². The fraction of sp³-hybridized carbons (Fsp3) is 0.364. The number of sulfone groups is 1. The fourth-order valence-electron chi connectivity index (χ4n) is 1.90. The summed E-state index contributed by atoms with van der Waals surface area (Å²) >= 11 is 0. The summed E-state index contributed by atoms with van der Waals surface area (Å²) in [5.41, 5.74) is 5.16. The number of nitrogens with one attached hydrogen (secondary N) is 1. The highest BCUT2D eigenvalue weighted by atomic mass is 32.2. The molecule has 1 heterocycles. The Kier molecular flexibility index (Phi) is 3.25. The maximum Gasteiger partial charge on any atom is 0.154 e. The molecule has 0 aromatic heterocycles. The van der Waals surface area contributed by atoms with Crippen LogP contribution in [0.4, 0.5) is 4.39 Å². The van der Waals surface area contributed by atoms with Crippen molar-refractivity contribution in [2.75, 3.05) is 11.5 Å². The van der Waals surface area contributed by atoms with Crippen LogP contribution in [-0.2, 0) is 9.84 Å². The number of hydrogen-bond donors (Lipinski definition) is 2. The molecule has 1 aliphatic heterocycles. The lowest BCUT2D eigenvalue weighted by atomic mass is 10.1. The van der Waals surface area contributed by atoms with E-state index in [1.54, 1.807) is 0 Å². The predicted molar refractivity (Wildman–Crippen MR) is 65.1 cm³/mol. The molecule has 1 unspecified atom stereocenters. The zero-order valence-corrected chi connectivity index (χ0v) is 10.3. The second-order valence-corrected chi connectivity index (χ2v) is 6.40. The van der Waals surface area contributed by atoms with E-state index in [1.165, 1.54) is 18.2 Å². The second-order valence-electron chi connectivity index (χ2n) is 4.17. The van der Waals surface area contributed by atoms with Crippen LogP contribution in [0.1, 0.15) is 12.0 Å². The summed E-state index contributed by atoms with van der Waals surface area (Å²) in [6, 6.07) is 4.08. The Bertz CT molecular complexity index is 586. The van der Waals surface area contributed by atoms with Gasteiger partial charge in [-0.15, -0.1) is 0 Å². The van der Waals surface area contributed by atoms with Gasteiger partial charge in [-0.3, -0.25) is 5.41 Å². The molecule has 1 aromatic rings. The van der Waals surface area contributed by atoms with Crippen LogP contribution in [0.3, 0.4) is 0 Å². The third-order valence-electron chi connectivity index (χ3n) is 2.73. The Morgan fingerprint density at radius 3 is 2.78 bits per heavy atom. The molecule has 18 heavy (non-hydrogen) atoms. The number of ether oxygens (including phenoxy) is 1. The Morgan fingerprint density at radius 2 is 2.22 bits per heavy atom. The highest BCUT2D eigenvalue weighted by Crippen LogP contribution is 2.25. The monoisotopic (exact) mass is 272 g/mol. The van der Waals surface area contributed by atoms with Gasteiger partial charge < -0.3 is 10.5 Å². The van der Waals surface area contributed by atoms with Crippen molar-refractivity contribution in [3.63, 3.8) is 0 Å². The molecule has 2 rings (SSSR count). The first-order valence-corrected chi connectivity index (χ1v) is 7.21. The summed E-state index contributed by atoms with van der Waals surface area (Å²) in [6.45, 7) is 0. The molecule has 0 bridgehead atoms. The molecule has 1 saturated heterocycles. The summed E-state index contributed by atoms with van der Waals surface area (Å²) < 4.78 is 41.5. The molecule has 0 radical (unpaired) electrons. The summed E-state index contributed by atoms with van der Waals surface area (Å²) in [7, 11) is -3.06. The maximum absolute atomic E-state index is 13.5. The minimum atomic E-state index is -3.06. The zero-order valence-electron chi connectivity index (χ0n) is 9.52. The summed E-state index contributed by atoms with van der Waals surface area (Å²) in [4.78, 5) is 0. The maximum atomic E-state index is 13.5. The van der Waals surface area contributed by atoms with E-state index in [-0.39, 0.29) is 22.8 Å². The van der Waals surface area contributed by atoms with Gasteiger partial charge in [-0.1, -0.05) is 6.07 Å². The van der Waals surface area contributed by atoms with Crippen molar-refractivity contribution in [3.8, 4) is 5.75 Å². The molecule has 0 spiro atoms. The highest BCUT2D eigenvalue weighted by molar-refractivity contribution is 7.91. The number of nitrogen functional groups attached to an aromatic ring is 1. The van der Waals surface area contributed by atoms with Gasteiger partial charge in [0.15, 0.2) is 9.84 Å². The molecule has 1 atom stereocenters. The normalized spacial score (nSPS) is 21.7. The minimum absolute atomic E-state index is 0.0718. The van der Waals surface area contributed by atoms with E-state index in [0.29, 0.717) is 6.42 Å². The average molecular weight is 272 g/mol. The molecule has 0 aliphatic carbocycles. The fourth-order valence-corrected chi connectivity index (χ4v) is 3.49. The number of nitrogens with two attached hydrogens (primary N) is 1. The van der Waals surface area contributed by atoms with Gasteiger partial charge in [0.1, 0.15) is 23.5 Å². The van der Waals surface area contributed by atoms with E-state index >= 15 is 0 Å². The van der Waals surface area contributed by atoms with Crippen LogP contribution >= 0.6 is 0 Å². The van der Waals surface area contributed by atoms with E-state index in [2.05, 4.69) is 0 Å². The van der Waals surface area contributed by atoms with Crippen LogP contribution in [0.25, 0.3) is 0 Å². The van der Waals surface area contributed by atoms with Gasteiger partial charge in [-0.05, 0) is 18.6 Å². The number of rotatable bonds is 3. The van der Waals surface area contributed by atoms with Crippen molar-refractivity contribution in [2.45, 2.75) is 12.5 Å². The number of amidine groups is 1. The first-order chi connectivity index (χ1) is 8.39.